The Labute approximate surface area is 154 Å². The third-order valence-corrected chi connectivity index (χ3v) is 5.84. The minimum Gasteiger partial charge on any atom is -0.492 e. The van der Waals surface area contributed by atoms with Gasteiger partial charge in [-0.3, -0.25) is 0 Å². The first-order chi connectivity index (χ1) is 12.4. The van der Waals surface area contributed by atoms with Gasteiger partial charge in [0.25, 0.3) is 0 Å². The van der Waals surface area contributed by atoms with E-state index in [1.807, 2.05) is 19.9 Å². The van der Waals surface area contributed by atoms with Gasteiger partial charge in [-0.25, -0.2) is 9.37 Å². The first-order valence-corrected chi connectivity index (χ1v) is 9.55. The quantitative estimate of drug-likeness (QED) is 0.730. The predicted octanol–water partition coefficient (Wildman–Crippen LogP) is 1.73. The second-order valence-electron chi connectivity index (χ2n) is 6.92. The lowest BCUT2D eigenvalue weighted by Gasteiger charge is -2.37. The molecule has 1 aliphatic heterocycles. The molecular weight excluding hydrogens is 355 g/mol. The zero-order chi connectivity index (χ0) is 18.4. The summed E-state index contributed by atoms with van der Waals surface area (Å²) in [7, 11) is 0. The van der Waals surface area contributed by atoms with Crippen LogP contribution in [0.25, 0.3) is 4.96 Å². The molecule has 4 rings (SSSR count). The maximum atomic E-state index is 14.7. The molecule has 0 amide bonds. The highest BCUT2D eigenvalue weighted by molar-refractivity contribution is 7.17. The van der Waals surface area contributed by atoms with Crippen LogP contribution in [0.1, 0.15) is 36.2 Å². The van der Waals surface area contributed by atoms with Gasteiger partial charge in [-0.05, 0) is 32.9 Å². The van der Waals surface area contributed by atoms with Gasteiger partial charge in [0.1, 0.15) is 41.8 Å². The number of aryl methyl sites for hydroxylation is 1. The minimum absolute atomic E-state index is 0.0400. The number of rotatable bonds is 3. The van der Waals surface area contributed by atoms with Crippen LogP contribution in [-0.2, 0) is 4.74 Å². The van der Waals surface area contributed by atoms with Crippen molar-refractivity contribution in [3.63, 3.8) is 0 Å². The number of hydrogen-bond acceptors (Lipinski definition) is 5. The van der Waals surface area contributed by atoms with Gasteiger partial charge in [0.05, 0.1) is 5.56 Å². The number of hydrogen-bond donors (Lipinski definition) is 2. The molecule has 0 bridgehead atoms. The van der Waals surface area contributed by atoms with Crippen molar-refractivity contribution >= 4 is 16.3 Å². The van der Waals surface area contributed by atoms with Gasteiger partial charge in [-0.15, -0.1) is 5.10 Å². The molecule has 0 saturated carbocycles. The Bertz CT molecular complexity index is 931. The number of aromatic hydroxyl groups is 1. The van der Waals surface area contributed by atoms with Gasteiger partial charge in [0, 0.05) is 0 Å². The van der Waals surface area contributed by atoms with E-state index in [2.05, 4.69) is 10.1 Å². The van der Waals surface area contributed by atoms with E-state index >= 15 is 0 Å². The summed E-state index contributed by atoms with van der Waals surface area (Å²) in [6.07, 6.45) is 0.129. The molecule has 0 radical (unpaired) electrons. The Morgan fingerprint density at radius 3 is 2.65 bits per heavy atom. The minimum atomic E-state index is -0.334. The van der Waals surface area contributed by atoms with Gasteiger partial charge in [0.15, 0.2) is 6.04 Å². The molecular formula is C18H22FN4O2S+. The molecule has 1 fully saturated rings. The van der Waals surface area contributed by atoms with Crippen molar-refractivity contribution < 1.29 is 19.1 Å². The molecule has 3 atom stereocenters. The van der Waals surface area contributed by atoms with E-state index < -0.39 is 0 Å². The van der Waals surface area contributed by atoms with Crippen molar-refractivity contribution in [1.29, 1.82) is 0 Å². The van der Waals surface area contributed by atoms with Crippen LogP contribution < -0.4 is 4.90 Å². The summed E-state index contributed by atoms with van der Waals surface area (Å²) in [4.78, 5) is 6.81. The van der Waals surface area contributed by atoms with Gasteiger partial charge in [-0.1, -0.05) is 23.5 Å². The Balaban J connectivity index is 1.85. The fraction of sp³-hybridized carbons (Fsp3) is 0.444. The lowest BCUT2D eigenvalue weighted by molar-refractivity contribution is -0.939. The third-order valence-electron chi connectivity index (χ3n) is 4.76. The maximum Gasteiger partial charge on any atom is 0.235 e. The van der Waals surface area contributed by atoms with Crippen LogP contribution in [0.15, 0.2) is 24.3 Å². The van der Waals surface area contributed by atoms with Crippen LogP contribution in [0.4, 0.5) is 4.39 Å². The van der Waals surface area contributed by atoms with E-state index in [1.54, 1.807) is 19.1 Å². The molecule has 0 aliphatic carbocycles. The lowest BCUT2D eigenvalue weighted by atomic mass is 10.0. The topological polar surface area (TPSA) is 64.1 Å². The molecule has 8 heteroatoms. The molecule has 3 aromatic rings. The Morgan fingerprint density at radius 1 is 1.31 bits per heavy atom. The van der Waals surface area contributed by atoms with Crippen molar-refractivity contribution in [2.45, 2.75) is 39.0 Å². The smallest absolute Gasteiger partial charge is 0.235 e. The molecule has 2 aromatic heterocycles. The van der Waals surface area contributed by atoms with Crippen LogP contribution in [0.5, 0.6) is 5.88 Å². The first kappa shape index (κ1) is 17.4. The van der Waals surface area contributed by atoms with Gasteiger partial charge < -0.3 is 14.7 Å². The van der Waals surface area contributed by atoms with Crippen molar-refractivity contribution in [3.05, 3.63) is 46.3 Å². The van der Waals surface area contributed by atoms with E-state index in [0.717, 1.165) is 18.0 Å². The monoisotopic (exact) mass is 377 g/mol. The molecule has 0 unspecified atom stereocenters. The summed E-state index contributed by atoms with van der Waals surface area (Å²) in [5.41, 5.74) is 0.570. The summed E-state index contributed by atoms with van der Waals surface area (Å²) in [5, 5.41) is 15.0. The molecule has 138 valence electrons. The predicted molar refractivity (Wildman–Crippen MR) is 96.2 cm³/mol. The van der Waals surface area contributed by atoms with E-state index in [9.17, 15) is 9.50 Å². The summed E-state index contributed by atoms with van der Waals surface area (Å²) >= 11 is 1.36. The maximum absolute atomic E-state index is 14.7. The Kier molecular flexibility index (Phi) is 4.42. The van der Waals surface area contributed by atoms with Gasteiger partial charge in [0.2, 0.25) is 10.8 Å². The van der Waals surface area contributed by atoms with Gasteiger partial charge in [-0.2, -0.15) is 4.52 Å². The molecule has 1 saturated heterocycles. The number of thiazole rings is 1. The van der Waals surface area contributed by atoms with E-state index in [4.69, 9.17) is 4.74 Å². The zero-order valence-electron chi connectivity index (χ0n) is 14.9. The average molecular weight is 377 g/mol. The molecule has 0 spiro atoms. The normalized spacial score (nSPS) is 24.8. The zero-order valence-corrected chi connectivity index (χ0v) is 15.8. The second-order valence-corrected chi connectivity index (χ2v) is 7.93. The number of benzene rings is 1. The lowest BCUT2D eigenvalue weighted by Crippen LogP contribution is -3.15. The van der Waals surface area contributed by atoms with Crippen LogP contribution in [-0.4, -0.2) is 45.0 Å². The fourth-order valence-electron chi connectivity index (χ4n) is 3.84. The molecule has 2 N–H and O–H groups in total. The Morgan fingerprint density at radius 2 is 2.00 bits per heavy atom. The van der Waals surface area contributed by atoms with Crippen molar-refractivity contribution in [2.75, 3.05) is 13.1 Å². The number of nitrogens with zero attached hydrogens (tertiary/aromatic N) is 3. The number of ether oxygens (including phenoxy) is 1. The average Bonchev–Trinajstić information content (AvgIpc) is 3.07. The molecule has 1 aliphatic rings. The summed E-state index contributed by atoms with van der Waals surface area (Å²) in [6.45, 7) is 7.30. The SMILES string of the molecule is Cc1nc2sc([C@@H](c3ccccc3F)[NH+]3C[C@@H](C)O[C@H](C)C3)c(O)n2n1. The van der Waals surface area contributed by atoms with Crippen LogP contribution in [0, 0.1) is 12.7 Å². The highest BCUT2D eigenvalue weighted by atomic mass is 32.1. The summed E-state index contributed by atoms with van der Waals surface area (Å²) < 4.78 is 22.0. The van der Waals surface area contributed by atoms with E-state index in [-0.39, 0.29) is 29.9 Å². The molecule has 3 heterocycles. The third kappa shape index (κ3) is 2.98. The van der Waals surface area contributed by atoms with Crippen LogP contribution in [0.2, 0.25) is 0 Å². The van der Waals surface area contributed by atoms with E-state index in [1.165, 1.54) is 21.9 Å². The largest absolute Gasteiger partial charge is 0.492 e. The van der Waals surface area contributed by atoms with Crippen LogP contribution in [0.3, 0.4) is 0 Å². The number of aromatic nitrogens is 3. The number of morpholine rings is 1. The van der Waals surface area contributed by atoms with E-state index in [0.29, 0.717) is 21.2 Å². The highest BCUT2D eigenvalue weighted by Gasteiger charge is 2.38. The first-order valence-electron chi connectivity index (χ1n) is 8.73. The van der Waals surface area contributed by atoms with Crippen molar-refractivity contribution in [3.8, 4) is 5.88 Å². The molecule has 26 heavy (non-hydrogen) atoms. The second kappa shape index (κ2) is 6.61. The highest BCUT2D eigenvalue weighted by Crippen LogP contribution is 2.36. The van der Waals surface area contributed by atoms with Crippen molar-refractivity contribution in [1.82, 2.24) is 14.6 Å². The standard InChI is InChI=1S/C18H21FN4O2S/c1-10-8-22(9-11(2)25-10)15(13-6-4-5-7-14(13)19)16-17(24)23-18(26-16)20-12(3)21-23/h4-7,10-11,15,24H,8-9H2,1-3H3/p+1/t10-,11-,15-/m1/s1. The molecule has 1 aromatic carbocycles. The number of fused-ring (bicyclic) bond motifs is 1. The number of nitrogens with one attached hydrogen (secondary N) is 1. The Hall–Kier alpha value is -2.03. The fourth-order valence-corrected chi connectivity index (χ4v) is 5.02. The number of quaternary nitrogens is 1. The van der Waals surface area contributed by atoms with Crippen molar-refractivity contribution in [2.24, 2.45) is 0 Å². The summed E-state index contributed by atoms with van der Waals surface area (Å²) in [5.74, 6) is 0.367. The number of halogens is 1. The summed E-state index contributed by atoms with van der Waals surface area (Å²) in [6, 6.07) is 6.43. The molecule has 6 nitrogen and oxygen atoms in total. The van der Waals surface area contributed by atoms with Crippen LogP contribution >= 0.6 is 11.3 Å². The van der Waals surface area contributed by atoms with Gasteiger partial charge >= 0.3 is 0 Å².